The molecule has 1 unspecified atom stereocenters. The summed E-state index contributed by atoms with van der Waals surface area (Å²) < 4.78 is 16.3. The number of nitrogens with one attached hydrogen (secondary N) is 1. The number of carbonyl (C=O) groups is 1. The minimum atomic E-state index is -0.903. The number of hydrogen-bond donors (Lipinski definition) is 1. The molecule has 0 spiro atoms. The summed E-state index contributed by atoms with van der Waals surface area (Å²) in [5, 5.41) is 3.48. The van der Waals surface area contributed by atoms with E-state index in [2.05, 4.69) is 16.2 Å². The predicted octanol–water partition coefficient (Wildman–Crippen LogP) is 4.75. The molecule has 0 saturated heterocycles. The number of ether oxygens (including phenoxy) is 3. The van der Waals surface area contributed by atoms with Gasteiger partial charge in [-0.15, -0.1) is 6.42 Å². The number of methoxy groups -OCH3 is 2. The Hall–Kier alpha value is -3.53. The fraction of sp³-hybridized carbons (Fsp3) is 0.167. The minimum absolute atomic E-state index is 0.0143. The van der Waals surface area contributed by atoms with Crippen LogP contribution < -0.4 is 14.8 Å². The minimum Gasteiger partial charge on any atom is -0.493 e. The molecule has 3 rings (SSSR count). The summed E-state index contributed by atoms with van der Waals surface area (Å²) in [6.07, 6.45) is 7.68. The summed E-state index contributed by atoms with van der Waals surface area (Å²) in [6.45, 7) is -0.0143. The highest BCUT2D eigenvalue weighted by atomic mass is 35.5. The van der Waals surface area contributed by atoms with E-state index in [0.717, 1.165) is 5.56 Å². The van der Waals surface area contributed by atoms with E-state index in [1.165, 1.54) is 0 Å². The Morgan fingerprint density at radius 1 is 1.13 bits per heavy atom. The van der Waals surface area contributed by atoms with Crippen LogP contribution in [0.25, 0.3) is 11.1 Å². The van der Waals surface area contributed by atoms with E-state index >= 15 is 0 Å². The number of benzene rings is 2. The topological polar surface area (TPSA) is 69.7 Å². The van der Waals surface area contributed by atoms with Crippen LogP contribution in [0.15, 0.2) is 60.9 Å². The molecule has 1 atom stereocenters. The number of rotatable bonds is 8. The van der Waals surface area contributed by atoms with Crippen LogP contribution in [0.3, 0.4) is 0 Å². The van der Waals surface area contributed by atoms with Crippen molar-refractivity contribution in [2.45, 2.75) is 6.10 Å². The molecule has 0 bridgehead atoms. The Morgan fingerprint density at radius 2 is 1.87 bits per heavy atom. The van der Waals surface area contributed by atoms with Gasteiger partial charge in [0.15, 0.2) is 17.6 Å². The molecule has 0 radical (unpaired) electrons. The average molecular weight is 437 g/mol. The summed E-state index contributed by atoms with van der Waals surface area (Å²) in [4.78, 5) is 17.3. The van der Waals surface area contributed by atoms with Gasteiger partial charge in [-0.1, -0.05) is 35.7 Å². The standard InChI is InChI=1S/C24H21ClN2O4/c1-4-13-31-23(16-5-8-18(25)9-6-16)24(28)27-20-11-12-26-15-19(20)17-7-10-21(29-2)22(14-17)30-3/h1,5-12,14-15,23H,13H2,2-3H3,(H,26,27,28). The van der Waals surface area contributed by atoms with Gasteiger partial charge in [0.2, 0.25) is 0 Å². The quantitative estimate of drug-likeness (QED) is 0.516. The van der Waals surface area contributed by atoms with Crippen molar-refractivity contribution in [1.82, 2.24) is 4.98 Å². The molecular formula is C24H21ClN2O4. The molecule has 2 aromatic carbocycles. The Kier molecular flexibility index (Phi) is 7.50. The molecule has 0 aliphatic carbocycles. The van der Waals surface area contributed by atoms with Crippen molar-refractivity contribution in [1.29, 1.82) is 0 Å². The fourth-order valence-electron chi connectivity index (χ4n) is 3.03. The van der Waals surface area contributed by atoms with E-state index in [9.17, 15) is 4.79 Å². The number of nitrogens with zero attached hydrogens (tertiary/aromatic N) is 1. The fourth-order valence-corrected chi connectivity index (χ4v) is 3.15. The second-order valence-electron chi connectivity index (χ2n) is 6.43. The van der Waals surface area contributed by atoms with Gasteiger partial charge in [-0.05, 0) is 41.5 Å². The molecule has 31 heavy (non-hydrogen) atoms. The van der Waals surface area contributed by atoms with Crippen molar-refractivity contribution in [3.05, 3.63) is 71.5 Å². The van der Waals surface area contributed by atoms with Gasteiger partial charge in [-0.3, -0.25) is 9.78 Å². The van der Waals surface area contributed by atoms with Crippen molar-refractivity contribution < 1.29 is 19.0 Å². The lowest BCUT2D eigenvalue weighted by Crippen LogP contribution is -2.24. The van der Waals surface area contributed by atoms with Gasteiger partial charge in [0.25, 0.3) is 5.91 Å². The van der Waals surface area contributed by atoms with Gasteiger partial charge >= 0.3 is 0 Å². The molecule has 3 aromatic rings. The van der Waals surface area contributed by atoms with Crippen LogP contribution in [0.1, 0.15) is 11.7 Å². The van der Waals surface area contributed by atoms with Crippen molar-refractivity contribution in [3.63, 3.8) is 0 Å². The van der Waals surface area contributed by atoms with Crippen LogP contribution in [0.5, 0.6) is 11.5 Å². The molecule has 0 fully saturated rings. The van der Waals surface area contributed by atoms with Gasteiger partial charge < -0.3 is 19.5 Å². The number of hydrogen-bond acceptors (Lipinski definition) is 5. The molecule has 0 aliphatic heterocycles. The van der Waals surface area contributed by atoms with E-state index < -0.39 is 6.10 Å². The zero-order valence-corrected chi connectivity index (χ0v) is 17.8. The molecular weight excluding hydrogens is 416 g/mol. The molecule has 0 saturated carbocycles. The van der Waals surface area contributed by atoms with Crippen LogP contribution in [0, 0.1) is 12.3 Å². The largest absolute Gasteiger partial charge is 0.493 e. The lowest BCUT2D eigenvalue weighted by molar-refractivity contribution is -0.126. The van der Waals surface area contributed by atoms with E-state index in [1.54, 1.807) is 63.0 Å². The Labute approximate surface area is 186 Å². The maximum Gasteiger partial charge on any atom is 0.258 e. The van der Waals surface area contributed by atoms with Gasteiger partial charge in [0.1, 0.15) is 6.61 Å². The molecule has 0 aliphatic rings. The molecule has 7 heteroatoms. The number of halogens is 1. The van der Waals surface area contributed by atoms with Gasteiger partial charge in [0, 0.05) is 23.0 Å². The van der Waals surface area contributed by atoms with E-state index in [0.29, 0.717) is 33.3 Å². The van der Waals surface area contributed by atoms with Crippen molar-refractivity contribution in [2.24, 2.45) is 0 Å². The summed E-state index contributed by atoms with van der Waals surface area (Å²) >= 11 is 5.97. The van der Waals surface area contributed by atoms with E-state index in [-0.39, 0.29) is 12.5 Å². The Morgan fingerprint density at radius 3 is 2.55 bits per heavy atom. The van der Waals surface area contributed by atoms with Crippen LogP contribution in [0.2, 0.25) is 5.02 Å². The lowest BCUT2D eigenvalue weighted by Gasteiger charge is -2.19. The maximum atomic E-state index is 13.1. The zero-order valence-electron chi connectivity index (χ0n) is 17.1. The summed E-state index contributed by atoms with van der Waals surface area (Å²) in [5.74, 6) is 3.19. The zero-order chi connectivity index (χ0) is 22.2. The van der Waals surface area contributed by atoms with Gasteiger partial charge in [-0.2, -0.15) is 0 Å². The normalized spacial score (nSPS) is 11.3. The van der Waals surface area contributed by atoms with E-state index in [4.69, 9.17) is 32.2 Å². The molecule has 1 heterocycles. The van der Waals surface area contributed by atoms with Crippen LogP contribution >= 0.6 is 11.6 Å². The first-order valence-electron chi connectivity index (χ1n) is 9.35. The number of terminal acetylenes is 1. The first kappa shape index (κ1) is 22.2. The number of anilines is 1. The van der Waals surface area contributed by atoms with Crippen molar-refractivity contribution >= 4 is 23.2 Å². The second kappa shape index (κ2) is 10.5. The molecule has 1 N–H and O–H groups in total. The van der Waals surface area contributed by atoms with Crippen LogP contribution in [0.4, 0.5) is 5.69 Å². The monoisotopic (exact) mass is 436 g/mol. The highest BCUT2D eigenvalue weighted by Gasteiger charge is 2.23. The Balaban J connectivity index is 1.92. The maximum absolute atomic E-state index is 13.1. The number of aromatic nitrogens is 1. The summed E-state index contributed by atoms with van der Waals surface area (Å²) in [6, 6.07) is 14.0. The predicted molar refractivity (Wildman–Crippen MR) is 120 cm³/mol. The lowest BCUT2D eigenvalue weighted by atomic mass is 10.0. The van der Waals surface area contributed by atoms with Crippen molar-refractivity contribution in [3.8, 4) is 35.0 Å². The SMILES string of the molecule is C#CCOC(C(=O)Nc1ccncc1-c1ccc(OC)c(OC)c1)c1ccc(Cl)cc1. The number of carbonyl (C=O) groups excluding carboxylic acids is 1. The summed E-state index contributed by atoms with van der Waals surface area (Å²) in [5.41, 5.74) is 2.71. The highest BCUT2D eigenvalue weighted by Crippen LogP contribution is 2.35. The molecule has 6 nitrogen and oxygen atoms in total. The van der Waals surface area contributed by atoms with E-state index in [1.807, 2.05) is 12.1 Å². The Bertz CT molecular complexity index is 1090. The first-order valence-corrected chi connectivity index (χ1v) is 9.73. The molecule has 158 valence electrons. The number of amides is 1. The third kappa shape index (κ3) is 5.34. The average Bonchev–Trinajstić information content (AvgIpc) is 2.80. The second-order valence-corrected chi connectivity index (χ2v) is 6.86. The number of pyridine rings is 1. The highest BCUT2D eigenvalue weighted by molar-refractivity contribution is 6.30. The third-order valence-electron chi connectivity index (χ3n) is 4.52. The van der Waals surface area contributed by atoms with Gasteiger partial charge in [-0.25, -0.2) is 0 Å². The van der Waals surface area contributed by atoms with Crippen LogP contribution in [-0.4, -0.2) is 31.7 Å². The third-order valence-corrected chi connectivity index (χ3v) is 4.77. The van der Waals surface area contributed by atoms with Gasteiger partial charge in [0.05, 0.1) is 19.9 Å². The molecule has 1 amide bonds. The van der Waals surface area contributed by atoms with Crippen molar-refractivity contribution in [2.75, 3.05) is 26.1 Å². The first-order chi connectivity index (χ1) is 15.1. The smallest absolute Gasteiger partial charge is 0.258 e. The molecule has 1 aromatic heterocycles. The summed E-state index contributed by atoms with van der Waals surface area (Å²) in [7, 11) is 3.13. The van der Waals surface area contributed by atoms with Crippen LogP contribution in [-0.2, 0) is 9.53 Å².